The maximum absolute atomic E-state index is 11.6. The van der Waals surface area contributed by atoms with Gasteiger partial charge in [0, 0.05) is 0 Å². The van der Waals surface area contributed by atoms with Gasteiger partial charge in [-0.2, -0.15) is 0 Å². The molecule has 0 fully saturated rings. The van der Waals surface area contributed by atoms with E-state index in [4.69, 9.17) is 9.84 Å². The van der Waals surface area contributed by atoms with E-state index >= 15 is 0 Å². The van der Waals surface area contributed by atoms with Crippen molar-refractivity contribution in [3.8, 4) is 0 Å². The number of carbonyl (C=O) groups is 2. The highest BCUT2D eigenvalue weighted by molar-refractivity contribution is 5.73. The Bertz CT molecular complexity index is 498. The highest BCUT2D eigenvalue weighted by atomic mass is 16.5. The molecule has 1 atom stereocenters. The average Bonchev–Trinajstić information content (AvgIpc) is 2.67. The Morgan fingerprint density at radius 1 is 0.800 bits per heavy atom. The van der Waals surface area contributed by atoms with Gasteiger partial charge in [-0.15, -0.1) is 0 Å². The SMILES string of the molecule is CCCCC/C=C/C/C=C/CCCCCCCCC(O)(CC(=O)O)CC(=O)OCC. The number of aliphatic hydroxyl groups is 1. The summed E-state index contributed by atoms with van der Waals surface area (Å²) in [5.74, 6) is -1.64. The number of hydrogen-bond acceptors (Lipinski definition) is 4. The Kier molecular flexibility index (Phi) is 18.3. The van der Waals surface area contributed by atoms with Crippen molar-refractivity contribution < 1.29 is 24.5 Å². The first-order chi connectivity index (χ1) is 14.4. The van der Waals surface area contributed by atoms with Crippen LogP contribution in [0.2, 0.25) is 0 Å². The van der Waals surface area contributed by atoms with Gasteiger partial charge in [0.1, 0.15) is 0 Å². The van der Waals surface area contributed by atoms with E-state index in [0.29, 0.717) is 12.8 Å². The second kappa shape index (κ2) is 19.3. The first kappa shape index (κ1) is 28.4. The normalized spacial score (nSPS) is 13.7. The Balaban J connectivity index is 3.77. The standard InChI is InChI=1S/C25H44O5/c1-3-5-6-7-8-9-10-11-12-13-14-15-16-17-18-19-20-25(29,21-23(26)27)22-24(28)30-4-2/h8-9,11-12,29H,3-7,10,13-22H2,1-2H3,(H,26,27)/b9-8+,12-11+. The molecule has 0 aromatic heterocycles. The number of ether oxygens (including phenoxy) is 1. The van der Waals surface area contributed by atoms with Crippen LogP contribution < -0.4 is 0 Å². The minimum absolute atomic E-state index is 0.229. The Labute approximate surface area is 183 Å². The van der Waals surface area contributed by atoms with Crippen LogP contribution in [0.5, 0.6) is 0 Å². The third-order valence-corrected chi connectivity index (χ3v) is 5.10. The first-order valence-corrected chi connectivity index (χ1v) is 11.8. The number of rotatable bonds is 20. The maximum Gasteiger partial charge on any atom is 0.308 e. The van der Waals surface area contributed by atoms with Gasteiger partial charge in [-0.05, 0) is 45.4 Å². The summed E-state index contributed by atoms with van der Waals surface area (Å²) in [5.41, 5.74) is -1.51. The van der Waals surface area contributed by atoms with Gasteiger partial charge in [-0.3, -0.25) is 9.59 Å². The fraction of sp³-hybridized carbons (Fsp3) is 0.760. The van der Waals surface area contributed by atoms with Gasteiger partial charge in [0.15, 0.2) is 0 Å². The molecule has 5 nitrogen and oxygen atoms in total. The van der Waals surface area contributed by atoms with Crippen molar-refractivity contribution >= 4 is 11.9 Å². The van der Waals surface area contributed by atoms with Crippen LogP contribution in [-0.2, 0) is 14.3 Å². The van der Waals surface area contributed by atoms with E-state index in [-0.39, 0.29) is 13.0 Å². The monoisotopic (exact) mass is 424 g/mol. The van der Waals surface area contributed by atoms with Crippen molar-refractivity contribution in [2.24, 2.45) is 0 Å². The number of unbranched alkanes of at least 4 members (excludes halogenated alkanes) is 9. The van der Waals surface area contributed by atoms with Crippen molar-refractivity contribution in [2.45, 2.75) is 116 Å². The number of esters is 1. The van der Waals surface area contributed by atoms with Gasteiger partial charge in [0.25, 0.3) is 0 Å². The second-order valence-electron chi connectivity index (χ2n) is 8.11. The Morgan fingerprint density at radius 3 is 1.93 bits per heavy atom. The quantitative estimate of drug-likeness (QED) is 0.135. The van der Waals surface area contributed by atoms with Crippen LogP contribution in [0.3, 0.4) is 0 Å². The van der Waals surface area contributed by atoms with Crippen LogP contribution in [0.4, 0.5) is 0 Å². The average molecular weight is 425 g/mol. The molecule has 0 aromatic rings. The first-order valence-electron chi connectivity index (χ1n) is 11.8. The largest absolute Gasteiger partial charge is 0.481 e. The van der Waals surface area contributed by atoms with Gasteiger partial charge in [0.05, 0.1) is 25.0 Å². The predicted octanol–water partition coefficient (Wildman–Crippen LogP) is 6.35. The van der Waals surface area contributed by atoms with E-state index in [0.717, 1.165) is 32.1 Å². The molecule has 0 rings (SSSR count). The van der Waals surface area contributed by atoms with Crippen LogP contribution in [0.15, 0.2) is 24.3 Å². The van der Waals surface area contributed by atoms with Crippen molar-refractivity contribution in [3.63, 3.8) is 0 Å². The second-order valence-corrected chi connectivity index (χ2v) is 8.11. The number of carboxylic acid groups (broad SMARTS) is 1. The van der Waals surface area contributed by atoms with Crippen molar-refractivity contribution in [2.75, 3.05) is 6.61 Å². The van der Waals surface area contributed by atoms with Crippen LogP contribution in [0, 0.1) is 0 Å². The summed E-state index contributed by atoms with van der Waals surface area (Å²) in [7, 11) is 0. The molecule has 174 valence electrons. The third kappa shape index (κ3) is 18.4. The summed E-state index contributed by atoms with van der Waals surface area (Å²) in [6.07, 6.45) is 22.1. The predicted molar refractivity (Wildman–Crippen MR) is 122 cm³/mol. The molecule has 0 saturated carbocycles. The molecule has 0 bridgehead atoms. The lowest BCUT2D eigenvalue weighted by Gasteiger charge is -2.25. The van der Waals surface area contributed by atoms with Gasteiger partial charge in [0.2, 0.25) is 0 Å². The van der Waals surface area contributed by atoms with Crippen LogP contribution in [0.1, 0.15) is 110 Å². The topological polar surface area (TPSA) is 83.8 Å². The van der Waals surface area contributed by atoms with Gasteiger partial charge in [-0.25, -0.2) is 0 Å². The summed E-state index contributed by atoms with van der Waals surface area (Å²) in [4.78, 5) is 22.6. The molecule has 0 amide bonds. The highest BCUT2D eigenvalue weighted by Crippen LogP contribution is 2.24. The molecule has 0 saturated heterocycles. The fourth-order valence-electron chi connectivity index (χ4n) is 3.44. The zero-order chi connectivity index (χ0) is 22.5. The van der Waals surface area contributed by atoms with E-state index in [1.165, 1.54) is 38.5 Å². The fourth-order valence-corrected chi connectivity index (χ4v) is 3.44. The number of carboxylic acids is 1. The molecular formula is C25H44O5. The minimum atomic E-state index is -1.51. The molecule has 0 aliphatic heterocycles. The lowest BCUT2D eigenvalue weighted by molar-refractivity contribution is -0.153. The number of hydrogen-bond donors (Lipinski definition) is 2. The van der Waals surface area contributed by atoms with Crippen LogP contribution in [-0.4, -0.2) is 34.4 Å². The van der Waals surface area contributed by atoms with E-state index in [1.807, 2.05) is 0 Å². The molecule has 0 aliphatic carbocycles. The lowest BCUT2D eigenvalue weighted by Crippen LogP contribution is -2.35. The summed E-state index contributed by atoms with van der Waals surface area (Å²) < 4.78 is 4.85. The molecule has 1 unspecified atom stereocenters. The molecule has 0 spiro atoms. The third-order valence-electron chi connectivity index (χ3n) is 5.10. The molecule has 30 heavy (non-hydrogen) atoms. The highest BCUT2D eigenvalue weighted by Gasteiger charge is 2.33. The van der Waals surface area contributed by atoms with E-state index in [9.17, 15) is 14.7 Å². The summed E-state index contributed by atoms with van der Waals surface area (Å²) in [6, 6.07) is 0. The van der Waals surface area contributed by atoms with E-state index in [2.05, 4.69) is 31.2 Å². The molecule has 0 heterocycles. The molecule has 0 aliphatic rings. The van der Waals surface area contributed by atoms with Gasteiger partial charge in [-0.1, -0.05) is 76.2 Å². The summed E-state index contributed by atoms with van der Waals surface area (Å²) >= 11 is 0. The van der Waals surface area contributed by atoms with Crippen molar-refractivity contribution in [1.82, 2.24) is 0 Å². The van der Waals surface area contributed by atoms with Gasteiger partial charge < -0.3 is 14.9 Å². The van der Waals surface area contributed by atoms with Gasteiger partial charge >= 0.3 is 11.9 Å². The number of carbonyl (C=O) groups excluding carboxylic acids is 1. The minimum Gasteiger partial charge on any atom is -0.481 e. The van der Waals surface area contributed by atoms with E-state index < -0.39 is 24.0 Å². The van der Waals surface area contributed by atoms with Crippen LogP contribution >= 0.6 is 0 Å². The zero-order valence-corrected chi connectivity index (χ0v) is 19.2. The molecule has 5 heteroatoms. The number of aliphatic carboxylic acids is 1. The zero-order valence-electron chi connectivity index (χ0n) is 19.2. The lowest BCUT2D eigenvalue weighted by atomic mass is 9.89. The van der Waals surface area contributed by atoms with Crippen LogP contribution in [0.25, 0.3) is 0 Å². The van der Waals surface area contributed by atoms with Crippen molar-refractivity contribution in [3.05, 3.63) is 24.3 Å². The van der Waals surface area contributed by atoms with E-state index in [1.54, 1.807) is 6.92 Å². The smallest absolute Gasteiger partial charge is 0.308 e. The van der Waals surface area contributed by atoms with Crippen molar-refractivity contribution in [1.29, 1.82) is 0 Å². The number of allylic oxidation sites excluding steroid dienone is 4. The Morgan fingerprint density at radius 2 is 1.37 bits per heavy atom. The summed E-state index contributed by atoms with van der Waals surface area (Å²) in [6.45, 7) is 4.15. The Hall–Kier alpha value is -1.62. The molecule has 0 radical (unpaired) electrons. The molecule has 2 N–H and O–H groups in total. The maximum atomic E-state index is 11.6. The summed E-state index contributed by atoms with van der Waals surface area (Å²) in [5, 5.41) is 19.5. The molecular weight excluding hydrogens is 380 g/mol. The molecule has 0 aromatic carbocycles.